The first-order chi connectivity index (χ1) is 11.0. The van der Waals surface area contributed by atoms with Gasteiger partial charge in [-0.25, -0.2) is 4.57 Å². The minimum absolute atomic E-state index is 0.301. The molecule has 0 atom stereocenters. The van der Waals surface area contributed by atoms with Gasteiger partial charge < -0.3 is 13.8 Å². The van der Waals surface area contributed by atoms with Crippen LogP contribution >= 0.6 is 7.60 Å². The van der Waals surface area contributed by atoms with E-state index in [0.717, 1.165) is 0 Å². The lowest BCUT2D eigenvalue weighted by Gasteiger charge is -2.20. The highest BCUT2D eigenvalue weighted by molar-refractivity contribution is 7.55. The number of rotatable bonds is 7. The molecule has 0 fully saturated rings. The Labute approximate surface area is 135 Å². The Kier molecular flexibility index (Phi) is 5.83. The van der Waals surface area contributed by atoms with Crippen molar-refractivity contribution in [2.45, 2.75) is 20.0 Å². The molecule has 0 amide bonds. The quantitative estimate of drug-likeness (QED) is 0.558. The molecule has 2 rings (SSSR count). The normalized spacial score (nSPS) is 11.1. The Hall–Kier alpha value is -2.26. The summed E-state index contributed by atoms with van der Waals surface area (Å²) in [5.74, 6) is 0.100. The van der Waals surface area contributed by atoms with Crippen LogP contribution in [-0.4, -0.2) is 18.2 Å². The van der Waals surface area contributed by atoms with E-state index in [1.807, 2.05) is 12.1 Å². The van der Waals surface area contributed by atoms with Crippen molar-refractivity contribution in [3.05, 3.63) is 60.7 Å². The van der Waals surface area contributed by atoms with Gasteiger partial charge in [0.05, 0.1) is 6.10 Å². The molecule has 0 N–H and O–H groups in total. The fourth-order valence-corrected chi connectivity index (χ4v) is 3.27. The Morgan fingerprint density at radius 3 is 1.74 bits per heavy atom. The van der Waals surface area contributed by atoms with Crippen LogP contribution in [0.25, 0.3) is 0 Å². The maximum absolute atomic E-state index is 13.0. The molecule has 23 heavy (non-hydrogen) atoms. The molecule has 122 valence electrons. The average molecular weight is 334 g/mol. The molecule has 2 aromatic carbocycles. The van der Waals surface area contributed by atoms with Crippen LogP contribution in [0.1, 0.15) is 13.8 Å². The summed E-state index contributed by atoms with van der Waals surface area (Å²) in [4.78, 5) is 11.9. The molecule has 0 unspecified atom stereocenters. The predicted octanol–water partition coefficient (Wildman–Crippen LogP) is 4.29. The largest absolute Gasteiger partial charge is 0.462 e. The number of hydrogen-bond donors (Lipinski definition) is 0. The topological polar surface area (TPSA) is 61.8 Å². The monoisotopic (exact) mass is 334 g/mol. The van der Waals surface area contributed by atoms with Crippen LogP contribution in [0, 0.1) is 0 Å². The van der Waals surface area contributed by atoms with Crippen LogP contribution < -0.4 is 9.05 Å². The highest BCUT2D eigenvalue weighted by atomic mass is 31.2. The zero-order chi connectivity index (χ0) is 16.7. The van der Waals surface area contributed by atoms with E-state index in [1.54, 1.807) is 62.4 Å². The van der Waals surface area contributed by atoms with Crippen LogP contribution in [-0.2, 0) is 14.1 Å². The van der Waals surface area contributed by atoms with Crippen LogP contribution in [0.5, 0.6) is 11.5 Å². The number of para-hydroxylation sites is 2. The fraction of sp³-hybridized carbons (Fsp3) is 0.235. The van der Waals surface area contributed by atoms with Crippen LogP contribution in [0.3, 0.4) is 0 Å². The second kappa shape index (κ2) is 7.84. The molecule has 0 aromatic heterocycles. The number of esters is 1. The number of benzene rings is 2. The van der Waals surface area contributed by atoms with E-state index in [0.29, 0.717) is 11.5 Å². The maximum Gasteiger partial charge on any atom is 0.441 e. The summed E-state index contributed by atoms with van der Waals surface area (Å²) >= 11 is 0. The summed E-state index contributed by atoms with van der Waals surface area (Å²) in [5, 5.41) is 0. The highest BCUT2D eigenvalue weighted by Gasteiger charge is 2.33. The Morgan fingerprint density at radius 1 is 0.913 bits per heavy atom. The van der Waals surface area contributed by atoms with Crippen molar-refractivity contribution in [1.29, 1.82) is 0 Å². The van der Waals surface area contributed by atoms with Crippen molar-refractivity contribution in [3.8, 4) is 11.5 Å². The molecule has 0 heterocycles. The molecule has 0 saturated carbocycles. The van der Waals surface area contributed by atoms with Gasteiger partial charge in [-0.1, -0.05) is 36.4 Å². The standard InChI is InChI=1S/C17H19O5P/c1-14(2)20-17(18)13-23(19,21-15-9-5-3-6-10-15)22-16-11-7-4-8-12-16/h3-12,14H,13H2,1-2H3. The minimum Gasteiger partial charge on any atom is -0.462 e. The van der Waals surface area contributed by atoms with Gasteiger partial charge in [-0.3, -0.25) is 4.79 Å². The molecular weight excluding hydrogens is 315 g/mol. The molecule has 6 heteroatoms. The molecule has 0 spiro atoms. The summed E-state index contributed by atoms with van der Waals surface area (Å²) in [6.45, 7) is 3.44. The highest BCUT2D eigenvalue weighted by Crippen LogP contribution is 2.48. The minimum atomic E-state index is -3.75. The third-order valence-corrected chi connectivity index (χ3v) is 4.29. The second-order valence-corrected chi connectivity index (χ2v) is 7.02. The van der Waals surface area contributed by atoms with Gasteiger partial charge >= 0.3 is 13.6 Å². The molecule has 0 aliphatic rings. The van der Waals surface area contributed by atoms with Gasteiger partial charge in [0, 0.05) is 0 Å². The van der Waals surface area contributed by atoms with Gasteiger partial charge in [-0.2, -0.15) is 0 Å². The molecular formula is C17H19O5P. The summed E-state index contributed by atoms with van der Waals surface area (Å²) in [6, 6.07) is 17.2. The first-order valence-corrected chi connectivity index (χ1v) is 8.97. The van der Waals surface area contributed by atoms with E-state index in [-0.39, 0.29) is 6.10 Å². The van der Waals surface area contributed by atoms with Gasteiger partial charge in [0.2, 0.25) is 0 Å². The van der Waals surface area contributed by atoms with Gasteiger partial charge in [0.1, 0.15) is 11.5 Å². The number of hydrogen-bond acceptors (Lipinski definition) is 5. The van der Waals surface area contributed by atoms with Crippen molar-refractivity contribution in [1.82, 2.24) is 0 Å². The van der Waals surface area contributed by atoms with Crippen LogP contribution in [0.4, 0.5) is 0 Å². The Morgan fingerprint density at radius 2 is 1.35 bits per heavy atom. The van der Waals surface area contributed by atoms with E-state index in [1.165, 1.54) is 0 Å². The summed E-state index contributed by atoms with van der Waals surface area (Å²) in [7, 11) is -3.75. The first kappa shape index (κ1) is 17.1. The zero-order valence-corrected chi connectivity index (χ0v) is 13.9. The molecule has 0 saturated heterocycles. The van der Waals surface area contributed by atoms with Crippen LogP contribution in [0.2, 0.25) is 0 Å². The average Bonchev–Trinajstić information content (AvgIpc) is 2.47. The number of carbonyl (C=O) groups is 1. The van der Waals surface area contributed by atoms with E-state index in [2.05, 4.69) is 0 Å². The van der Waals surface area contributed by atoms with Crippen molar-refractivity contribution in [2.75, 3.05) is 6.16 Å². The lowest BCUT2D eigenvalue weighted by atomic mass is 10.3. The smallest absolute Gasteiger partial charge is 0.441 e. The summed E-state index contributed by atoms with van der Waals surface area (Å²) in [5.41, 5.74) is 0. The van der Waals surface area contributed by atoms with Crippen molar-refractivity contribution in [2.24, 2.45) is 0 Å². The zero-order valence-electron chi connectivity index (χ0n) is 13.0. The Balaban J connectivity index is 2.19. The molecule has 0 aliphatic carbocycles. The molecule has 0 bridgehead atoms. The van der Waals surface area contributed by atoms with E-state index >= 15 is 0 Å². The van der Waals surface area contributed by atoms with Gasteiger partial charge in [-0.05, 0) is 38.1 Å². The number of ether oxygens (including phenoxy) is 1. The third-order valence-electron chi connectivity index (χ3n) is 2.67. The van der Waals surface area contributed by atoms with E-state index in [9.17, 15) is 9.36 Å². The lowest BCUT2D eigenvalue weighted by Crippen LogP contribution is -2.19. The van der Waals surface area contributed by atoms with Crippen molar-refractivity contribution >= 4 is 13.6 Å². The van der Waals surface area contributed by atoms with Crippen LogP contribution in [0.15, 0.2) is 60.7 Å². The summed E-state index contributed by atoms with van der Waals surface area (Å²) < 4.78 is 29.0. The SMILES string of the molecule is CC(C)OC(=O)CP(=O)(Oc1ccccc1)Oc1ccccc1. The van der Waals surface area contributed by atoms with Gasteiger partial charge in [-0.15, -0.1) is 0 Å². The predicted molar refractivity (Wildman–Crippen MR) is 87.8 cm³/mol. The lowest BCUT2D eigenvalue weighted by molar-refractivity contribution is -0.144. The second-order valence-electron chi connectivity index (χ2n) is 5.12. The third kappa shape index (κ3) is 5.80. The first-order valence-electron chi connectivity index (χ1n) is 7.25. The molecule has 2 aromatic rings. The number of carbonyl (C=O) groups excluding carboxylic acids is 1. The molecule has 5 nitrogen and oxygen atoms in total. The van der Waals surface area contributed by atoms with Gasteiger partial charge in [0.25, 0.3) is 0 Å². The molecule has 0 radical (unpaired) electrons. The van der Waals surface area contributed by atoms with Crippen molar-refractivity contribution < 1.29 is 23.1 Å². The van der Waals surface area contributed by atoms with E-state index in [4.69, 9.17) is 13.8 Å². The molecule has 0 aliphatic heterocycles. The maximum atomic E-state index is 13.0. The van der Waals surface area contributed by atoms with Crippen molar-refractivity contribution in [3.63, 3.8) is 0 Å². The van der Waals surface area contributed by atoms with Gasteiger partial charge in [0.15, 0.2) is 6.16 Å². The Bertz CT molecular complexity index is 624. The fourth-order valence-electron chi connectivity index (χ4n) is 1.83. The van der Waals surface area contributed by atoms with E-state index < -0.39 is 19.7 Å². The summed E-state index contributed by atoms with van der Waals surface area (Å²) in [6.07, 6.45) is -0.765.